The van der Waals surface area contributed by atoms with Gasteiger partial charge in [-0.3, -0.25) is 0 Å². The number of benzene rings is 2. The predicted molar refractivity (Wildman–Crippen MR) is 156 cm³/mol. The van der Waals surface area contributed by atoms with E-state index in [4.69, 9.17) is 23.9 Å². The summed E-state index contributed by atoms with van der Waals surface area (Å²) in [7, 11) is 6.45. The molecule has 0 aliphatic carbocycles. The van der Waals surface area contributed by atoms with Gasteiger partial charge in [0.2, 0.25) is 5.82 Å². The summed E-state index contributed by atoms with van der Waals surface area (Å²) in [6.07, 6.45) is 0.757. The largest absolute Gasteiger partial charge is 0.353 e. The van der Waals surface area contributed by atoms with Crippen LogP contribution in [0, 0.1) is 6.92 Å². The first kappa shape index (κ1) is 29.4. The van der Waals surface area contributed by atoms with Gasteiger partial charge in [-0.25, -0.2) is 4.98 Å². The number of fused-ring (bicyclic) bond motifs is 1. The Kier molecular flexibility index (Phi) is 8.41. The van der Waals surface area contributed by atoms with E-state index in [1.54, 1.807) is 28.4 Å². The third kappa shape index (κ3) is 5.79. The molecule has 0 saturated carbocycles. The van der Waals surface area contributed by atoms with Gasteiger partial charge in [-0.15, -0.1) is 10.2 Å². The number of aromatic nitrogens is 8. The van der Waals surface area contributed by atoms with Crippen molar-refractivity contribution in [3.05, 3.63) is 71.3 Å². The van der Waals surface area contributed by atoms with Crippen LogP contribution in [0.2, 0.25) is 0 Å². The Labute approximate surface area is 244 Å². The molecule has 0 bridgehead atoms. The normalized spacial score (nSPS) is 12.4. The van der Waals surface area contributed by atoms with Crippen molar-refractivity contribution in [3.8, 4) is 22.5 Å². The Balaban J connectivity index is 1.55. The molecular weight excluding hydrogens is 536 g/mol. The lowest BCUT2D eigenvalue weighted by Gasteiger charge is -2.27. The van der Waals surface area contributed by atoms with E-state index in [2.05, 4.69) is 65.7 Å². The van der Waals surface area contributed by atoms with Crippen LogP contribution in [0.5, 0.6) is 0 Å². The maximum absolute atomic E-state index is 5.67. The van der Waals surface area contributed by atoms with Gasteiger partial charge in [0.1, 0.15) is 11.3 Å². The lowest BCUT2D eigenvalue weighted by molar-refractivity contribution is -0.193. The highest BCUT2D eigenvalue weighted by Crippen LogP contribution is 2.31. The third-order valence-corrected chi connectivity index (χ3v) is 7.82. The van der Waals surface area contributed by atoms with Gasteiger partial charge >= 0.3 is 0 Å². The number of tetrazole rings is 1. The molecular formula is C30H36N8O4. The van der Waals surface area contributed by atoms with Gasteiger partial charge < -0.3 is 23.5 Å². The second-order valence-electron chi connectivity index (χ2n) is 10.5. The Hall–Kier alpha value is -4.10. The molecule has 5 rings (SSSR count). The van der Waals surface area contributed by atoms with Gasteiger partial charge in [0.15, 0.2) is 11.6 Å². The lowest BCUT2D eigenvalue weighted by atomic mass is 9.98. The van der Waals surface area contributed by atoms with Crippen molar-refractivity contribution in [1.29, 1.82) is 0 Å². The highest BCUT2D eigenvalue weighted by Gasteiger charge is 2.31. The Bertz CT molecular complexity index is 1640. The molecule has 0 aliphatic rings. The molecule has 3 aromatic heterocycles. The van der Waals surface area contributed by atoms with Crippen molar-refractivity contribution in [2.45, 2.75) is 51.7 Å². The van der Waals surface area contributed by atoms with Gasteiger partial charge in [-0.05, 0) is 42.7 Å². The molecule has 42 heavy (non-hydrogen) atoms. The summed E-state index contributed by atoms with van der Waals surface area (Å²) in [4.78, 5) is 4.95. The number of methoxy groups -OCH3 is 4. The molecule has 12 heteroatoms. The topological polar surface area (TPSA) is 135 Å². The zero-order valence-electron chi connectivity index (χ0n) is 25.0. The molecule has 3 heterocycles. The second kappa shape index (κ2) is 12.0. The van der Waals surface area contributed by atoms with Gasteiger partial charge in [-0.2, -0.15) is 15.4 Å². The minimum Gasteiger partial charge on any atom is -0.353 e. The van der Waals surface area contributed by atoms with E-state index >= 15 is 0 Å². The van der Waals surface area contributed by atoms with Crippen LogP contribution in [-0.2, 0) is 38.3 Å². The van der Waals surface area contributed by atoms with Gasteiger partial charge in [0.25, 0.3) is 0 Å². The number of H-pyrrole nitrogens is 1. The van der Waals surface area contributed by atoms with Crippen molar-refractivity contribution in [3.63, 3.8) is 0 Å². The maximum atomic E-state index is 5.67. The fraction of sp³-hybridized carbons (Fsp3) is 0.400. The van der Waals surface area contributed by atoms with Gasteiger partial charge in [0.05, 0.1) is 16.9 Å². The molecule has 0 amide bonds. The first-order valence-corrected chi connectivity index (χ1v) is 13.6. The molecule has 1 N–H and O–H groups in total. The number of rotatable bonds is 12. The minimum absolute atomic E-state index is 0.376. The monoisotopic (exact) mass is 572 g/mol. The number of hydrogen-bond acceptors (Lipinski definition) is 10. The quantitative estimate of drug-likeness (QED) is 0.217. The zero-order chi connectivity index (χ0) is 29.9. The molecule has 0 unspecified atom stereocenters. The molecule has 0 radical (unpaired) electrons. The summed E-state index contributed by atoms with van der Waals surface area (Å²) in [6.45, 7) is 6.31. The van der Waals surface area contributed by atoms with Crippen LogP contribution >= 0.6 is 0 Å². The lowest BCUT2D eigenvalue weighted by Crippen LogP contribution is -2.34. The molecule has 0 aliphatic heterocycles. The van der Waals surface area contributed by atoms with Crippen LogP contribution in [0.1, 0.15) is 36.6 Å². The van der Waals surface area contributed by atoms with Crippen molar-refractivity contribution < 1.29 is 18.9 Å². The highest BCUT2D eigenvalue weighted by molar-refractivity contribution is 5.81. The van der Waals surface area contributed by atoms with Crippen LogP contribution in [0.15, 0.2) is 48.5 Å². The third-order valence-electron chi connectivity index (χ3n) is 7.82. The van der Waals surface area contributed by atoms with Crippen molar-refractivity contribution >= 4 is 11.0 Å². The van der Waals surface area contributed by atoms with E-state index in [0.717, 1.165) is 44.8 Å². The summed E-state index contributed by atoms with van der Waals surface area (Å²) in [5, 5.41) is 23.8. The molecule has 2 aromatic carbocycles. The van der Waals surface area contributed by atoms with E-state index in [1.165, 1.54) is 0 Å². The number of nitrogens with zero attached hydrogens (tertiary/aromatic N) is 7. The van der Waals surface area contributed by atoms with Crippen LogP contribution in [0.25, 0.3) is 33.5 Å². The minimum atomic E-state index is -0.882. The number of hydrogen-bond donors (Lipinski definition) is 1. The van der Waals surface area contributed by atoms with E-state index in [9.17, 15) is 0 Å². The number of aromatic amines is 1. The number of ether oxygens (including phenoxy) is 4. The first-order valence-electron chi connectivity index (χ1n) is 13.6. The smallest absolute Gasteiger partial charge is 0.205 e. The fourth-order valence-corrected chi connectivity index (χ4v) is 4.95. The van der Waals surface area contributed by atoms with Gasteiger partial charge in [-0.1, -0.05) is 48.5 Å². The van der Waals surface area contributed by atoms with E-state index in [0.29, 0.717) is 30.9 Å². The molecule has 0 saturated heterocycles. The van der Waals surface area contributed by atoms with Crippen molar-refractivity contribution in [2.24, 2.45) is 0 Å². The highest BCUT2D eigenvalue weighted by atomic mass is 16.7. The molecule has 5 aromatic rings. The Morgan fingerprint density at radius 3 is 1.95 bits per heavy atom. The summed E-state index contributed by atoms with van der Waals surface area (Å²) in [5.41, 5.74) is 7.11. The fourth-order valence-electron chi connectivity index (χ4n) is 4.95. The molecule has 0 spiro atoms. The SMILES string of the molecule is COC(C)(Cc1nnc(CC(C)(OC)OC)c2c1nc(C)n2Cc1ccc(-c2ccccc2-c2nn[nH]n2)cc1)OC. The zero-order valence-corrected chi connectivity index (χ0v) is 25.0. The second-order valence-corrected chi connectivity index (χ2v) is 10.5. The maximum Gasteiger partial charge on any atom is 0.205 e. The predicted octanol–water partition coefficient (Wildman–Crippen LogP) is 4.13. The first-order chi connectivity index (χ1) is 20.2. The molecule has 12 nitrogen and oxygen atoms in total. The van der Waals surface area contributed by atoms with Crippen LogP contribution in [0.4, 0.5) is 0 Å². The summed E-state index contributed by atoms with van der Waals surface area (Å²) >= 11 is 0. The van der Waals surface area contributed by atoms with Crippen LogP contribution < -0.4 is 0 Å². The summed E-state index contributed by atoms with van der Waals surface area (Å²) < 4.78 is 24.7. The van der Waals surface area contributed by atoms with Crippen LogP contribution in [0.3, 0.4) is 0 Å². The Morgan fingerprint density at radius 1 is 0.762 bits per heavy atom. The number of imidazole rings is 1. The van der Waals surface area contributed by atoms with Crippen molar-refractivity contribution in [1.82, 2.24) is 40.4 Å². The van der Waals surface area contributed by atoms with Gasteiger partial charge in [0, 0.05) is 53.4 Å². The van der Waals surface area contributed by atoms with E-state index in [1.807, 2.05) is 39.0 Å². The van der Waals surface area contributed by atoms with E-state index < -0.39 is 11.6 Å². The number of aryl methyl sites for hydroxylation is 1. The molecule has 220 valence electrons. The average Bonchev–Trinajstić information content (AvgIpc) is 3.67. The van der Waals surface area contributed by atoms with E-state index in [-0.39, 0.29) is 0 Å². The standard InChI is InChI=1S/C30H36N8O4/c1-19-31-26-24(16-29(2,39-4)40-5)32-33-25(17-30(3,41-6)42-7)27(26)38(19)18-20-12-14-21(15-13-20)22-10-8-9-11-23(22)28-34-36-37-35-28/h8-15H,16-18H2,1-7H3,(H,34,35,36,37). The number of nitrogens with one attached hydrogen (secondary N) is 1. The molecule has 0 fully saturated rings. The molecule has 0 atom stereocenters. The summed E-state index contributed by atoms with van der Waals surface area (Å²) in [5.74, 6) is -0.367. The van der Waals surface area contributed by atoms with Crippen LogP contribution in [-0.4, -0.2) is 80.4 Å². The van der Waals surface area contributed by atoms with Crippen molar-refractivity contribution in [2.75, 3.05) is 28.4 Å². The average molecular weight is 573 g/mol. The Morgan fingerprint density at radius 2 is 1.36 bits per heavy atom. The summed E-state index contributed by atoms with van der Waals surface area (Å²) in [6, 6.07) is 16.4.